The number of rotatable bonds is 12. The van der Waals surface area contributed by atoms with Crippen molar-refractivity contribution in [1.29, 1.82) is 0 Å². The fourth-order valence-electron chi connectivity index (χ4n) is 6.37. The molecule has 3 aromatic rings. The Hall–Kier alpha value is -5.44. The molecule has 5 amide bonds. The summed E-state index contributed by atoms with van der Waals surface area (Å²) in [6.07, 6.45) is -1.25. The number of carboxylic acids is 1. The van der Waals surface area contributed by atoms with Crippen LogP contribution in [0.2, 0.25) is 4.34 Å². The summed E-state index contributed by atoms with van der Waals surface area (Å²) in [6, 6.07) is 16.2. The van der Waals surface area contributed by atoms with E-state index in [0.717, 1.165) is 33.0 Å². The molecule has 0 spiro atoms. The number of nitrogens with two attached hydrogens (primary N) is 1. The highest BCUT2D eigenvalue weighted by molar-refractivity contribution is 8.02. The van der Waals surface area contributed by atoms with Gasteiger partial charge in [-0.05, 0) is 31.9 Å². The predicted octanol–water partition coefficient (Wildman–Crippen LogP) is 3.52. The number of carbonyl (C=O) groups excluding carboxylic acids is 5. The van der Waals surface area contributed by atoms with Crippen LogP contribution in [0, 0.1) is 0 Å². The molecular formula is C36H37ClN8O10S2. The zero-order valence-electron chi connectivity index (χ0n) is 30.7. The first-order chi connectivity index (χ1) is 27.0. The number of thiazole rings is 1. The quantitative estimate of drug-likeness (QED) is 0.0511. The summed E-state index contributed by atoms with van der Waals surface area (Å²) < 4.78 is 11.2. The van der Waals surface area contributed by atoms with Crippen molar-refractivity contribution >= 4 is 81.4 Å². The normalized spacial score (nSPS) is 22.5. The lowest BCUT2D eigenvalue weighted by atomic mass is 10.0. The van der Waals surface area contributed by atoms with E-state index in [9.17, 15) is 33.9 Å². The number of fused-ring (bicyclic) bond motifs is 1. The average Bonchev–Trinajstić information content (AvgIpc) is 3.60. The van der Waals surface area contributed by atoms with Gasteiger partial charge in [0.2, 0.25) is 16.4 Å². The summed E-state index contributed by atoms with van der Waals surface area (Å²) >= 11 is 8.16. The number of carbonyl (C=O) groups is 6. The van der Waals surface area contributed by atoms with Gasteiger partial charge in [-0.15, -0.1) is 0 Å². The van der Waals surface area contributed by atoms with Crippen LogP contribution in [0.1, 0.15) is 56.5 Å². The van der Waals surface area contributed by atoms with Crippen molar-refractivity contribution in [3.05, 3.63) is 81.8 Å². The SMILES string of the molecule is CC(C)(C)OC(=O)Nc1nc(/C(=N/OC2(C(=O)OC(c3ccccc3)c3ccccc3)CC2)C(=O)N[C@@H]2C(=O)N3C[C@@](C(=O)O)(N4CCN(N)C4=O)S[C@H]23)c(Cl)s1. The lowest BCUT2D eigenvalue weighted by Gasteiger charge is -2.41. The van der Waals surface area contributed by atoms with E-state index < -0.39 is 75.2 Å². The maximum Gasteiger partial charge on any atom is 0.413 e. The number of nitrogens with zero attached hydrogens (tertiary/aromatic N) is 5. The number of anilines is 1. The fraction of sp³-hybridized carbons (Fsp3) is 0.389. The van der Waals surface area contributed by atoms with Crippen LogP contribution in [0.5, 0.6) is 0 Å². The maximum atomic E-state index is 14.1. The van der Waals surface area contributed by atoms with Crippen LogP contribution in [0.4, 0.5) is 14.7 Å². The van der Waals surface area contributed by atoms with Gasteiger partial charge < -0.3 is 29.6 Å². The van der Waals surface area contributed by atoms with Crippen LogP contribution >= 0.6 is 34.7 Å². The van der Waals surface area contributed by atoms with Crippen molar-refractivity contribution in [2.75, 3.05) is 25.0 Å². The first-order valence-corrected chi connectivity index (χ1v) is 19.7. The Labute approximate surface area is 338 Å². The molecule has 4 heterocycles. The third-order valence-electron chi connectivity index (χ3n) is 9.39. The van der Waals surface area contributed by atoms with Gasteiger partial charge in [-0.1, -0.05) is 101 Å². The summed E-state index contributed by atoms with van der Waals surface area (Å²) in [4.78, 5) is 89.9. The van der Waals surface area contributed by atoms with Crippen molar-refractivity contribution in [2.45, 2.75) is 67.2 Å². The Morgan fingerprint density at radius 1 is 1.04 bits per heavy atom. The highest BCUT2D eigenvalue weighted by Gasteiger charge is 2.66. The molecule has 18 nitrogen and oxygen atoms in total. The largest absolute Gasteiger partial charge is 0.479 e. The zero-order chi connectivity index (χ0) is 40.9. The lowest BCUT2D eigenvalue weighted by molar-refractivity contribution is -0.164. The number of aliphatic carboxylic acids is 1. The second kappa shape index (κ2) is 15.1. The molecule has 0 bridgehead atoms. The maximum absolute atomic E-state index is 14.1. The Kier molecular flexibility index (Phi) is 10.6. The van der Waals surface area contributed by atoms with Crippen LogP contribution in [0.25, 0.3) is 0 Å². The van der Waals surface area contributed by atoms with Gasteiger partial charge in [0.05, 0.1) is 13.1 Å². The standard InChI is InChI=1S/C36H37ClN8O10S2/c1-34(2,3)54-32(51)41-31-40-21(25(37)56-31)22(26(46)39-23-27(47)43-18-36(29(48)49,57-28(23)43)44-16-17-45(38)33(44)52)42-55-35(14-15-35)30(50)53-24(19-10-6-4-7-11-19)20-12-8-5-9-13-20/h4-13,23-24,28H,14-18,38H2,1-3H3,(H,39,46)(H,48,49)(H,40,41,51)/b42-22-/t23-,28-,36-/m1/s1. The Morgan fingerprint density at radius 2 is 1.67 bits per heavy atom. The van der Waals surface area contributed by atoms with Gasteiger partial charge in [0.25, 0.3) is 5.91 Å². The zero-order valence-corrected chi connectivity index (χ0v) is 33.1. The van der Waals surface area contributed by atoms with E-state index >= 15 is 0 Å². The van der Waals surface area contributed by atoms with E-state index in [2.05, 4.69) is 20.8 Å². The molecule has 5 N–H and O–H groups in total. The van der Waals surface area contributed by atoms with Gasteiger partial charge in [-0.25, -0.2) is 30.0 Å². The fourth-order valence-corrected chi connectivity index (χ4v) is 9.04. The van der Waals surface area contributed by atoms with Crippen LogP contribution in [-0.2, 0) is 33.5 Å². The predicted molar refractivity (Wildman–Crippen MR) is 206 cm³/mol. The van der Waals surface area contributed by atoms with Crippen molar-refractivity contribution in [3.8, 4) is 0 Å². The molecular weight excluding hydrogens is 804 g/mol. The molecule has 1 saturated carbocycles. The topological polar surface area (TPSA) is 235 Å². The van der Waals surface area contributed by atoms with Crippen LogP contribution < -0.4 is 16.5 Å². The summed E-state index contributed by atoms with van der Waals surface area (Å²) in [5.74, 6) is 1.98. The number of amides is 5. The van der Waals surface area contributed by atoms with E-state index in [0.29, 0.717) is 11.1 Å². The van der Waals surface area contributed by atoms with E-state index in [-0.39, 0.29) is 47.6 Å². The highest BCUT2D eigenvalue weighted by Crippen LogP contribution is 2.50. The minimum atomic E-state index is -1.86. The van der Waals surface area contributed by atoms with Gasteiger partial charge in [0.15, 0.2) is 16.9 Å². The number of nitrogens with one attached hydrogen (secondary N) is 2. The molecule has 0 radical (unpaired) electrons. The number of hydrogen-bond donors (Lipinski definition) is 4. The number of ether oxygens (including phenoxy) is 2. The number of halogens is 1. The minimum absolute atomic E-state index is 0.0121. The molecule has 21 heteroatoms. The number of aromatic nitrogens is 1. The van der Waals surface area contributed by atoms with Gasteiger partial charge >= 0.3 is 24.1 Å². The van der Waals surface area contributed by atoms with Gasteiger partial charge in [-0.3, -0.25) is 24.8 Å². The molecule has 3 saturated heterocycles. The summed E-state index contributed by atoms with van der Waals surface area (Å²) in [5, 5.41) is 19.3. The van der Waals surface area contributed by atoms with Gasteiger partial charge in [0, 0.05) is 19.4 Å². The van der Waals surface area contributed by atoms with E-state index in [1.54, 1.807) is 20.8 Å². The number of urea groups is 1. The molecule has 3 aliphatic heterocycles. The molecule has 4 aliphatic rings. The van der Waals surface area contributed by atoms with Crippen molar-refractivity contribution in [2.24, 2.45) is 11.0 Å². The summed E-state index contributed by atoms with van der Waals surface area (Å²) in [5.41, 5.74) is -1.82. The van der Waals surface area contributed by atoms with Gasteiger partial charge in [-0.2, -0.15) is 0 Å². The van der Waals surface area contributed by atoms with Crippen molar-refractivity contribution in [1.82, 2.24) is 25.1 Å². The highest BCUT2D eigenvalue weighted by atomic mass is 35.5. The number of thioether (sulfide) groups is 1. The van der Waals surface area contributed by atoms with Crippen LogP contribution in [0.15, 0.2) is 65.8 Å². The molecule has 7 rings (SSSR count). The van der Waals surface area contributed by atoms with E-state index in [4.69, 9.17) is 31.8 Å². The van der Waals surface area contributed by atoms with E-state index in [1.807, 2.05) is 60.7 Å². The first-order valence-electron chi connectivity index (χ1n) is 17.6. The smallest absolute Gasteiger partial charge is 0.413 e. The molecule has 3 atom stereocenters. The molecule has 2 aromatic carbocycles. The minimum Gasteiger partial charge on any atom is -0.479 e. The molecule has 1 aliphatic carbocycles. The van der Waals surface area contributed by atoms with Crippen molar-refractivity contribution < 1.29 is 48.2 Å². The van der Waals surface area contributed by atoms with Crippen LogP contribution in [-0.4, -0.2) is 114 Å². The monoisotopic (exact) mass is 840 g/mol. The number of carboxylic acid groups (broad SMARTS) is 1. The number of β-lactam (4-membered cyclic amide) rings is 1. The third kappa shape index (κ3) is 7.81. The number of hydrazine groups is 1. The molecule has 57 heavy (non-hydrogen) atoms. The first kappa shape index (κ1) is 39.8. The van der Waals surface area contributed by atoms with Crippen molar-refractivity contribution in [3.63, 3.8) is 0 Å². The third-order valence-corrected chi connectivity index (χ3v) is 12.2. The number of esters is 1. The molecule has 300 valence electrons. The number of benzene rings is 2. The Balaban J connectivity index is 1.15. The summed E-state index contributed by atoms with van der Waals surface area (Å²) in [6.45, 7) is 4.76. The molecule has 4 fully saturated rings. The number of oxime groups is 1. The number of hydrogen-bond acceptors (Lipinski definition) is 14. The lowest BCUT2D eigenvalue weighted by Crippen LogP contribution is -2.68. The van der Waals surface area contributed by atoms with Gasteiger partial charge in [0.1, 0.15) is 27.0 Å². The average molecular weight is 841 g/mol. The Morgan fingerprint density at radius 3 is 2.21 bits per heavy atom. The van der Waals surface area contributed by atoms with E-state index in [1.165, 1.54) is 4.90 Å². The molecule has 0 unspecified atom stereocenters. The second-order valence-electron chi connectivity index (χ2n) is 14.5. The second-order valence-corrected chi connectivity index (χ2v) is 17.5. The Bertz CT molecular complexity index is 2110. The summed E-state index contributed by atoms with van der Waals surface area (Å²) in [7, 11) is 0. The van der Waals surface area contributed by atoms with Crippen LogP contribution in [0.3, 0.4) is 0 Å². The molecule has 1 aromatic heterocycles.